The molecule has 1 aromatic heterocycles. The Morgan fingerprint density at radius 3 is 2.77 bits per heavy atom. The first kappa shape index (κ1) is 14.8. The number of aromatic amines is 1. The minimum absolute atomic E-state index is 0.347. The number of likely N-dealkylation sites (tertiary alicyclic amines) is 1. The Balaban J connectivity index is 1.65. The molecule has 3 rings (SSSR count). The number of amides is 1. The molecule has 0 radical (unpaired) electrons. The zero-order valence-electron chi connectivity index (χ0n) is 12.8. The molecule has 0 bridgehead atoms. The lowest BCUT2D eigenvalue weighted by Gasteiger charge is -2.30. The molecule has 22 heavy (non-hydrogen) atoms. The van der Waals surface area contributed by atoms with Gasteiger partial charge in [-0.2, -0.15) is 0 Å². The molecule has 118 valence electrons. The molecular formula is C16H22N4O2. The number of rotatable bonds is 3. The smallest absolute Gasteiger partial charge is 0.334 e. The molecule has 1 saturated heterocycles. The van der Waals surface area contributed by atoms with Gasteiger partial charge in [0.1, 0.15) is 0 Å². The van der Waals surface area contributed by atoms with Gasteiger partial charge in [0.05, 0.1) is 11.0 Å². The molecule has 6 heteroatoms. The van der Waals surface area contributed by atoms with Crippen LogP contribution in [0, 0.1) is 5.92 Å². The topological polar surface area (TPSA) is 70.1 Å². The Labute approximate surface area is 129 Å². The summed E-state index contributed by atoms with van der Waals surface area (Å²) >= 11 is 0. The number of hydrogen-bond donors (Lipinski definition) is 2. The van der Waals surface area contributed by atoms with E-state index in [1.807, 2.05) is 12.1 Å². The van der Waals surface area contributed by atoms with Gasteiger partial charge in [-0.3, -0.25) is 0 Å². The summed E-state index contributed by atoms with van der Waals surface area (Å²) in [5, 5.41) is 2.91. The molecule has 1 amide bonds. The van der Waals surface area contributed by atoms with Crippen LogP contribution in [0.3, 0.4) is 0 Å². The largest absolute Gasteiger partial charge is 0.337 e. The lowest BCUT2D eigenvalue weighted by molar-refractivity contribution is 0.188. The van der Waals surface area contributed by atoms with E-state index < -0.39 is 0 Å². The summed E-state index contributed by atoms with van der Waals surface area (Å²) in [6.45, 7) is 6.06. The zero-order chi connectivity index (χ0) is 15.5. The summed E-state index contributed by atoms with van der Waals surface area (Å²) in [5.41, 5.74) is 0.907. The normalized spacial score (nSPS) is 17.0. The minimum atomic E-state index is -0.389. The molecule has 0 saturated carbocycles. The Hall–Kier alpha value is -2.08. The third-order valence-corrected chi connectivity index (χ3v) is 4.49. The van der Waals surface area contributed by atoms with Gasteiger partial charge in [0.25, 0.3) is 0 Å². The quantitative estimate of drug-likeness (QED) is 0.905. The lowest BCUT2D eigenvalue weighted by Crippen LogP contribution is -2.41. The van der Waals surface area contributed by atoms with E-state index in [0.29, 0.717) is 23.5 Å². The van der Waals surface area contributed by atoms with Gasteiger partial charge in [-0.05, 0) is 50.5 Å². The molecule has 1 fully saturated rings. The van der Waals surface area contributed by atoms with Crippen LogP contribution in [0.25, 0.3) is 11.0 Å². The number of carbonyl (C=O) groups excluding carboxylic acids is 1. The van der Waals surface area contributed by atoms with Crippen molar-refractivity contribution in [1.29, 1.82) is 0 Å². The van der Waals surface area contributed by atoms with Crippen molar-refractivity contribution >= 4 is 17.1 Å². The molecule has 1 aliphatic heterocycles. The van der Waals surface area contributed by atoms with E-state index >= 15 is 0 Å². The van der Waals surface area contributed by atoms with Crippen molar-refractivity contribution in [1.82, 2.24) is 19.8 Å². The Bertz CT molecular complexity index is 710. The molecule has 2 heterocycles. The summed E-state index contributed by atoms with van der Waals surface area (Å²) in [7, 11) is 0. The van der Waals surface area contributed by atoms with Crippen LogP contribution in [0.1, 0.15) is 19.8 Å². The summed E-state index contributed by atoms with van der Waals surface area (Å²) in [6, 6.07) is 6.87. The van der Waals surface area contributed by atoms with Crippen LogP contribution in [-0.2, 0) is 0 Å². The summed E-state index contributed by atoms with van der Waals surface area (Å²) in [6.07, 6.45) is 2.19. The van der Waals surface area contributed by atoms with E-state index in [9.17, 15) is 9.59 Å². The molecule has 6 nitrogen and oxygen atoms in total. The standard InChI is InChI=1S/C16H22N4O2/c1-2-19-9-7-12(8-10-19)11-17-15(21)20-14-6-4-3-5-13(14)18-16(20)22/h3-6,12H,2,7-11H2,1H3,(H,17,21)(H,18,22). The fourth-order valence-electron chi connectivity index (χ4n) is 3.07. The van der Waals surface area contributed by atoms with Gasteiger partial charge in [0, 0.05) is 6.54 Å². The highest BCUT2D eigenvalue weighted by atomic mass is 16.2. The second-order valence-electron chi connectivity index (χ2n) is 5.85. The highest BCUT2D eigenvalue weighted by molar-refractivity contribution is 5.88. The number of nitrogens with one attached hydrogen (secondary N) is 2. The van der Waals surface area contributed by atoms with E-state index in [4.69, 9.17) is 0 Å². The third kappa shape index (κ3) is 2.92. The van der Waals surface area contributed by atoms with Crippen LogP contribution >= 0.6 is 0 Å². The van der Waals surface area contributed by atoms with Crippen molar-refractivity contribution in [2.45, 2.75) is 19.8 Å². The number of H-pyrrole nitrogens is 1. The number of hydrogen-bond acceptors (Lipinski definition) is 3. The highest BCUT2D eigenvalue weighted by Gasteiger charge is 2.20. The molecule has 1 aromatic carbocycles. The maximum atomic E-state index is 12.3. The van der Waals surface area contributed by atoms with Crippen molar-refractivity contribution in [3.05, 3.63) is 34.7 Å². The monoisotopic (exact) mass is 302 g/mol. The van der Waals surface area contributed by atoms with Gasteiger partial charge in [-0.15, -0.1) is 0 Å². The molecule has 0 aliphatic carbocycles. The van der Waals surface area contributed by atoms with Gasteiger partial charge in [0.15, 0.2) is 0 Å². The van der Waals surface area contributed by atoms with E-state index in [1.165, 1.54) is 4.57 Å². The van der Waals surface area contributed by atoms with Crippen LogP contribution in [0.2, 0.25) is 0 Å². The average molecular weight is 302 g/mol. The van der Waals surface area contributed by atoms with Crippen LogP contribution < -0.4 is 11.0 Å². The van der Waals surface area contributed by atoms with Crippen molar-refractivity contribution in [3.8, 4) is 0 Å². The Morgan fingerprint density at radius 2 is 2.05 bits per heavy atom. The molecule has 1 aliphatic rings. The average Bonchev–Trinajstić information content (AvgIpc) is 2.89. The first-order valence-corrected chi connectivity index (χ1v) is 7.89. The predicted molar refractivity (Wildman–Crippen MR) is 86.2 cm³/mol. The van der Waals surface area contributed by atoms with Crippen LogP contribution in [0.5, 0.6) is 0 Å². The number of nitrogens with zero attached hydrogens (tertiary/aromatic N) is 2. The van der Waals surface area contributed by atoms with Crippen molar-refractivity contribution in [3.63, 3.8) is 0 Å². The highest BCUT2D eigenvalue weighted by Crippen LogP contribution is 2.16. The van der Waals surface area contributed by atoms with Crippen molar-refractivity contribution in [2.24, 2.45) is 5.92 Å². The second-order valence-corrected chi connectivity index (χ2v) is 5.85. The molecule has 2 N–H and O–H groups in total. The number of fused-ring (bicyclic) bond motifs is 1. The third-order valence-electron chi connectivity index (χ3n) is 4.49. The number of piperidine rings is 1. The summed E-state index contributed by atoms with van der Waals surface area (Å²) < 4.78 is 1.18. The van der Waals surface area contributed by atoms with E-state index in [-0.39, 0.29) is 11.7 Å². The van der Waals surface area contributed by atoms with E-state index in [0.717, 1.165) is 32.5 Å². The number of carbonyl (C=O) groups is 1. The van der Waals surface area contributed by atoms with Crippen LogP contribution in [-0.4, -0.2) is 46.7 Å². The summed E-state index contributed by atoms with van der Waals surface area (Å²) in [4.78, 5) is 29.4. The Kier molecular flexibility index (Phi) is 4.29. The molecule has 0 atom stereocenters. The zero-order valence-corrected chi connectivity index (χ0v) is 12.8. The van der Waals surface area contributed by atoms with Gasteiger partial charge in [-0.1, -0.05) is 19.1 Å². The number of para-hydroxylation sites is 2. The number of aromatic nitrogens is 2. The molecule has 0 spiro atoms. The van der Waals surface area contributed by atoms with Crippen LogP contribution in [0.15, 0.2) is 29.1 Å². The molecular weight excluding hydrogens is 280 g/mol. The predicted octanol–water partition coefficient (Wildman–Crippen LogP) is 1.62. The van der Waals surface area contributed by atoms with Gasteiger partial charge in [0.2, 0.25) is 0 Å². The first-order chi connectivity index (χ1) is 10.7. The number of benzene rings is 1. The van der Waals surface area contributed by atoms with Crippen LogP contribution in [0.4, 0.5) is 4.79 Å². The van der Waals surface area contributed by atoms with Gasteiger partial charge >= 0.3 is 11.7 Å². The lowest BCUT2D eigenvalue weighted by atomic mass is 9.97. The van der Waals surface area contributed by atoms with Crippen molar-refractivity contribution < 1.29 is 4.79 Å². The molecule has 2 aromatic rings. The Morgan fingerprint density at radius 1 is 1.32 bits per heavy atom. The second kappa shape index (κ2) is 6.36. The van der Waals surface area contributed by atoms with Gasteiger partial charge < -0.3 is 15.2 Å². The maximum absolute atomic E-state index is 12.3. The fraction of sp³-hybridized carbons (Fsp3) is 0.500. The van der Waals surface area contributed by atoms with E-state index in [1.54, 1.807) is 12.1 Å². The first-order valence-electron chi connectivity index (χ1n) is 7.89. The number of imidazole rings is 1. The van der Waals surface area contributed by atoms with Gasteiger partial charge in [-0.25, -0.2) is 14.2 Å². The van der Waals surface area contributed by atoms with E-state index in [2.05, 4.69) is 22.1 Å². The maximum Gasteiger partial charge on any atom is 0.334 e. The summed E-state index contributed by atoms with van der Waals surface area (Å²) in [5.74, 6) is 0.493. The molecule has 0 unspecified atom stereocenters. The fourth-order valence-corrected chi connectivity index (χ4v) is 3.07. The van der Waals surface area contributed by atoms with Crippen molar-refractivity contribution in [2.75, 3.05) is 26.2 Å². The minimum Gasteiger partial charge on any atom is -0.337 e. The SMILES string of the molecule is CCN1CCC(CNC(=O)n2c(=O)[nH]c3ccccc32)CC1.